The van der Waals surface area contributed by atoms with E-state index in [-0.39, 0.29) is 5.91 Å². The standard InChI is InChI=1S/C17H23NO2/c1-20-16-6-3-12(4-7-16)11-18-17(19)10-15-9-13-2-5-14(15)8-13/h3-4,6-7,13-15H,2,5,8-11H2,1H3,(H,18,19)/t13-,14+,15+/m0/s1. The summed E-state index contributed by atoms with van der Waals surface area (Å²) in [5.41, 5.74) is 1.12. The molecule has 3 heteroatoms. The molecule has 3 nitrogen and oxygen atoms in total. The Kier molecular flexibility index (Phi) is 3.95. The van der Waals surface area contributed by atoms with Crippen LogP contribution in [0.4, 0.5) is 0 Å². The first-order chi connectivity index (χ1) is 9.74. The molecule has 1 aromatic carbocycles. The topological polar surface area (TPSA) is 38.3 Å². The van der Waals surface area contributed by atoms with E-state index in [0.29, 0.717) is 12.5 Å². The molecule has 0 heterocycles. The first kappa shape index (κ1) is 13.5. The lowest BCUT2D eigenvalue weighted by atomic mass is 9.86. The Balaban J connectivity index is 1.44. The van der Waals surface area contributed by atoms with Crippen molar-refractivity contribution in [2.75, 3.05) is 7.11 Å². The van der Waals surface area contributed by atoms with Gasteiger partial charge in [0.25, 0.3) is 0 Å². The second kappa shape index (κ2) is 5.86. The van der Waals surface area contributed by atoms with E-state index in [0.717, 1.165) is 29.6 Å². The fourth-order valence-corrected chi connectivity index (χ4v) is 3.88. The van der Waals surface area contributed by atoms with Gasteiger partial charge in [0.1, 0.15) is 5.75 Å². The lowest BCUT2D eigenvalue weighted by Crippen LogP contribution is -2.26. The Morgan fingerprint density at radius 1 is 1.25 bits per heavy atom. The van der Waals surface area contributed by atoms with Crippen molar-refractivity contribution in [3.05, 3.63) is 29.8 Å². The second-order valence-corrected chi connectivity index (χ2v) is 6.26. The molecule has 0 aliphatic heterocycles. The molecule has 1 N–H and O–H groups in total. The van der Waals surface area contributed by atoms with Crippen molar-refractivity contribution in [1.82, 2.24) is 5.32 Å². The van der Waals surface area contributed by atoms with Gasteiger partial charge in [0.15, 0.2) is 0 Å². The molecular formula is C17H23NO2. The van der Waals surface area contributed by atoms with Crippen LogP contribution in [0.3, 0.4) is 0 Å². The fourth-order valence-electron chi connectivity index (χ4n) is 3.88. The van der Waals surface area contributed by atoms with E-state index in [1.165, 1.54) is 25.7 Å². The number of rotatable bonds is 5. The minimum absolute atomic E-state index is 0.207. The number of carbonyl (C=O) groups excluding carboxylic acids is 1. The van der Waals surface area contributed by atoms with E-state index >= 15 is 0 Å². The number of nitrogens with one attached hydrogen (secondary N) is 1. The van der Waals surface area contributed by atoms with Crippen molar-refractivity contribution < 1.29 is 9.53 Å². The van der Waals surface area contributed by atoms with Gasteiger partial charge in [0.05, 0.1) is 7.11 Å². The van der Waals surface area contributed by atoms with E-state index in [9.17, 15) is 4.79 Å². The maximum absolute atomic E-state index is 12.0. The predicted molar refractivity (Wildman–Crippen MR) is 78.4 cm³/mol. The summed E-state index contributed by atoms with van der Waals surface area (Å²) in [5.74, 6) is 3.44. The SMILES string of the molecule is COc1ccc(CNC(=O)C[C@H]2C[C@H]3CC[C@@H]2C3)cc1. The molecule has 2 saturated carbocycles. The van der Waals surface area contributed by atoms with Crippen molar-refractivity contribution in [3.8, 4) is 5.75 Å². The minimum atomic E-state index is 0.207. The van der Waals surface area contributed by atoms with Crippen LogP contribution in [0, 0.1) is 17.8 Å². The molecule has 3 atom stereocenters. The van der Waals surface area contributed by atoms with Crippen molar-refractivity contribution >= 4 is 5.91 Å². The van der Waals surface area contributed by atoms with Crippen LogP contribution in [0.2, 0.25) is 0 Å². The average Bonchev–Trinajstić information content (AvgIpc) is 3.08. The molecule has 2 aliphatic carbocycles. The van der Waals surface area contributed by atoms with Crippen LogP contribution in [0.15, 0.2) is 24.3 Å². The number of hydrogen-bond acceptors (Lipinski definition) is 2. The van der Waals surface area contributed by atoms with Gasteiger partial charge >= 0.3 is 0 Å². The van der Waals surface area contributed by atoms with Crippen LogP contribution in [0.5, 0.6) is 5.75 Å². The van der Waals surface area contributed by atoms with E-state index in [1.54, 1.807) is 7.11 Å². The number of hydrogen-bond donors (Lipinski definition) is 1. The van der Waals surface area contributed by atoms with E-state index < -0.39 is 0 Å². The van der Waals surface area contributed by atoms with Gasteiger partial charge < -0.3 is 10.1 Å². The van der Waals surface area contributed by atoms with Crippen LogP contribution >= 0.6 is 0 Å². The van der Waals surface area contributed by atoms with Crippen LogP contribution in [0.25, 0.3) is 0 Å². The summed E-state index contributed by atoms with van der Waals surface area (Å²) in [6.45, 7) is 0.615. The Morgan fingerprint density at radius 2 is 2.05 bits per heavy atom. The van der Waals surface area contributed by atoms with Crippen molar-refractivity contribution in [3.63, 3.8) is 0 Å². The molecule has 0 spiro atoms. The number of methoxy groups -OCH3 is 1. The summed E-state index contributed by atoms with van der Waals surface area (Å²) in [6, 6.07) is 7.85. The van der Waals surface area contributed by atoms with Crippen molar-refractivity contribution in [1.29, 1.82) is 0 Å². The molecule has 2 aliphatic rings. The van der Waals surface area contributed by atoms with Crippen LogP contribution < -0.4 is 10.1 Å². The van der Waals surface area contributed by atoms with Crippen molar-refractivity contribution in [2.45, 2.75) is 38.6 Å². The smallest absolute Gasteiger partial charge is 0.220 e. The predicted octanol–water partition coefficient (Wildman–Crippen LogP) is 3.14. The number of fused-ring (bicyclic) bond motifs is 2. The van der Waals surface area contributed by atoms with E-state index in [2.05, 4.69) is 5.32 Å². The second-order valence-electron chi connectivity index (χ2n) is 6.26. The van der Waals surface area contributed by atoms with Crippen LogP contribution in [0.1, 0.15) is 37.7 Å². The third kappa shape index (κ3) is 2.97. The highest BCUT2D eigenvalue weighted by atomic mass is 16.5. The average molecular weight is 273 g/mol. The number of benzene rings is 1. The van der Waals surface area contributed by atoms with Gasteiger partial charge in [-0.2, -0.15) is 0 Å². The van der Waals surface area contributed by atoms with Gasteiger partial charge in [-0.1, -0.05) is 18.6 Å². The van der Waals surface area contributed by atoms with Gasteiger partial charge in [0, 0.05) is 13.0 Å². The lowest BCUT2D eigenvalue weighted by molar-refractivity contribution is -0.122. The van der Waals surface area contributed by atoms with Gasteiger partial charge in [-0.25, -0.2) is 0 Å². The molecule has 3 rings (SSSR count). The molecule has 2 bridgehead atoms. The highest BCUT2D eigenvalue weighted by Crippen LogP contribution is 2.49. The zero-order chi connectivity index (χ0) is 13.9. The maximum Gasteiger partial charge on any atom is 0.220 e. The quantitative estimate of drug-likeness (QED) is 0.895. The Hall–Kier alpha value is -1.51. The van der Waals surface area contributed by atoms with Crippen molar-refractivity contribution in [2.24, 2.45) is 17.8 Å². The molecule has 108 valence electrons. The molecular weight excluding hydrogens is 250 g/mol. The van der Waals surface area contributed by atoms with E-state index in [1.807, 2.05) is 24.3 Å². The van der Waals surface area contributed by atoms with Crippen LogP contribution in [-0.4, -0.2) is 13.0 Å². The number of amides is 1. The van der Waals surface area contributed by atoms with Gasteiger partial charge in [-0.05, 0) is 54.7 Å². The summed E-state index contributed by atoms with van der Waals surface area (Å²) in [4.78, 5) is 12.0. The van der Waals surface area contributed by atoms with Gasteiger partial charge in [-0.15, -0.1) is 0 Å². The monoisotopic (exact) mass is 273 g/mol. The highest BCUT2D eigenvalue weighted by molar-refractivity contribution is 5.76. The number of carbonyl (C=O) groups is 1. The summed E-state index contributed by atoms with van der Waals surface area (Å²) >= 11 is 0. The third-order valence-corrected chi connectivity index (χ3v) is 4.98. The molecule has 1 aromatic rings. The lowest BCUT2D eigenvalue weighted by Gasteiger charge is -2.20. The molecule has 20 heavy (non-hydrogen) atoms. The summed E-state index contributed by atoms with van der Waals surface area (Å²) < 4.78 is 5.12. The molecule has 0 aromatic heterocycles. The molecule has 0 unspecified atom stereocenters. The zero-order valence-corrected chi connectivity index (χ0v) is 12.1. The summed E-state index contributed by atoms with van der Waals surface area (Å²) in [6.07, 6.45) is 6.12. The Morgan fingerprint density at radius 3 is 2.65 bits per heavy atom. The first-order valence-electron chi connectivity index (χ1n) is 7.64. The maximum atomic E-state index is 12.0. The fraction of sp³-hybridized carbons (Fsp3) is 0.588. The molecule has 0 radical (unpaired) electrons. The Labute approximate surface area is 120 Å². The summed E-state index contributed by atoms with van der Waals surface area (Å²) in [7, 11) is 1.66. The largest absolute Gasteiger partial charge is 0.497 e. The van der Waals surface area contributed by atoms with Gasteiger partial charge in [-0.3, -0.25) is 4.79 Å². The summed E-state index contributed by atoms with van der Waals surface area (Å²) in [5, 5.41) is 3.04. The van der Waals surface area contributed by atoms with Crippen LogP contribution in [-0.2, 0) is 11.3 Å². The third-order valence-electron chi connectivity index (χ3n) is 4.98. The normalized spacial score (nSPS) is 27.6. The molecule has 0 saturated heterocycles. The highest BCUT2D eigenvalue weighted by Gasteiger charge is 2.39. The molecule has 2 fully saturated rings. The van der Waals surface area contributed by atoms with Gasteiger partial charge in [0.2, 0.25) is 5.91 Å². The zero-order valence-electron chi connectivity index (χ0n) is 12.1. The Bertz CT molecular complexity index is 468. The molecule has 1 amide bonds. The van der Waals surface area contributed by atoms with E-state index in [4.69, 9.17) is 4.74 Å². The number of ether oxygens (including phenoxy) is 1. The minimum Gasteiger partial charge on any atom is -0.497 e. The first-order valence-corrected chi connectivity index (χ1v) is 7.64.